The van der Waals surface area contributed by atoms with Crippen molar-refractivity contribution >= 4 is 17.5 Å². The fraction of sp³-hybridized carbons (Fsp3) is 0.263. The van der Waals surface area contributed by atoms with Gasteiger partial charge in [0.2, 0.25) is 0 Å². The Balaban J connectivity index is 1.67. The maximum atomic E-state index is 12.4. The topological polar surface area (TPSA) is 60.7 Å². The smallest absolute Gasteiger partial charge is 0.191 e. The number of pyridine rings is 1. The van der Waals surface area contributed by atoms with Crippen molar-refractivity contribution in [2.75, 3.05) is 5.75 Å². The minimum Gasteiger partial charge on any atom is -0.305 e. The molecule has 6 heteroatoms. The lowest BCUT2D eigenvalue weighted by atomic mass is 10.0. The molecule has 0 atom stereocenters. The molecular weight excluding hydrogens is 332 g/mol. The lowest BCUT2D eigenvalue weighted by molar-refractivity contribution is 0.102. The highest BCUT2D eigenvalue weighted by molar-refractivity contribution is 7.99. The van der Waals surface area contributed by atoms with E-state index in [4.69, 9.17) is 0 Å². The van der Waals surface area contributed by atoms with Crippen LogP contribution in [0.3, 0.4) is 0 Å². The lowest BCUT2D eigenvalue weighted by Crippen LogP contribution is -2.04. The summed E-state index contributed by atoms with van der Waals surface area (Å²) in [5.74, 6) is 1.62. The number of thioether (sulfide) groups is 1. The van der Waals surface area contributed by atoms with Crippen LogP contribution >= 0.6 is 11.8 Å². The zero-order chi connectivity index (χ0) is 17.8. The van der Waals surface area contributed by atoms with Crippen LogP contribution in [0.1, 0.15) is 35.7 Å². The van der Waals surface area contributed by atoms with Crippen molar-refractivity contribution in [3.8, 4) is 11.4 Å². The van der Waals surface area contributed by atoms with Crippen LogP contribution in [0.25, 0.3) is 11.4 Å². The van der Waals surface area contributed by atoms with Crippen LogP contribution in [-0.4, -0.2) is 31.3 Å². The summed E-state index contributed by atoms with van der Waals surface area (Å²) in [6.07, 6.45) is 3.47. The summed E-state index contributed by atoms with van der Waals surface area (Å²) < 4.78 is 1.89. The molecule has 0 unspecified atom stereocenters. The second-order valence-electron chi connectivity index (χ2n) is 6.10. The summed E-state index contributed by atoms with van der Waals surface area (Å²) >= 11 is 1.40. The highest BCUT2D eigenvalue weighted by atomic mass is 32.2. The fourth-order valence-corrected chi connectivity index (χ4v) is 3.26. The van der Waals surface area contributed by atoms with Gasteiger partial charge in [-0.15, -0.1) is 10.2 Å². The number of benzene rings is 1. The predicted octanol–water partition coefficient (Wildman–Crippen LogP) is 3.98. The molecule has 1 aromatic carbocycles. The zero-order valence-corrected chi connectivity index (χ0v) is 15.3. The van der Waals surface area contributed by atoms with Gasteiger partial charge in [-0.1, -0.05) is 49.9 Å². The van der Waals surface area contributed by atoms with Gasteiger partial charge < -0.3 is 4.57 Å². The zero-order valence-electron chi connectivity index (χ0n) is 14.5. The number of hydrogen-bond donors (Lipinski definition) is 0. The highest BCUT2D eigenvalue weighted by Gasteiger charge is 2.14. The first-order chi connectivity index (χ1) is 12.1. The van der Waals surface area contributed by atoms with Crippen LogP contribution in [0.15, 0.2) is 53.9 Å². The van der Waals surface area contributed by atoms with Gasteiger partial charge in [0, 0.05) is 30.6 Å². The van der Waals surface area contributed by atoms with Crippen LogP contribution in [0, 0.1) is 0 Å². The van der Waals surface area contributed by atoms with Crippen molar-refractivity contribution in [1.29, 1.82) is 0 Å². The van der Waals surface area contributed by atoms with Gasteiger partial charge in [-0.05, 0) is 23.6 Å². The van der Waals surface area contributed by atoms with E-state index in [0.717, 1.165) is 17.0 Å². The van der Waals surface area contributed by atoms with E-state index >= 15 is 0 Å². The SMILES string of the molecule is CC(C)c1ccc(C(=O)CSc2nnc(-c3cccnc3)n2C)cc1. The second kappa shape index (κ2) is 7.61. The van der Waals surface area contributed by atoms with Crippen molar-refractivity contribution in [3.05, 3.63) is 59.9 Å². The van der Waals surface area contributed by atoms with Crippen LogP contribution in [0.2, 0.25) is 0 Å². The first-order valence-electron chi connectivity index (χ1n) is 8.12. The van der Waals surface area contributed by atoms with E-state index in [0.29, 0.717) is 16.8 Å². The third kappa shape index (κ3) is 3.96. The third-order valence-electron chi connectivity index (χ3n) is 3.99. The Bertz CT molecular complexity index is 857. The molecule has 0 aliphatic carbocycles. The van der Waals surface area contributed by atoms with E-state index in [-0.39, 0.29) is 5.78 Å². The number of nitrogens with zero attached hydrogens (tertiary/aromatic N) is 4. The summed E-state index contributed by atoms with van der Waals surface area (Å²) in [7, 11) is 1.90. The molecule has 3 aromatic rings. The van der Waals surface area contributed by atoms with E-state index in [2.05, 4.69) is 29.0 Å². The first kappa shape index (κ1) is 17.4. The molecule has 0 amide bonds. The predicted molar refractivity (Wildman–Crippen MR) is 99.8 cm³/mol. The Morgan fingerprint density at radius 1 is 1.16 bits per heavy atom. The van der Waals surface area contributed by atoms with Gasteiger partial charge in [-0.25, -0.2) is 0 Å². The van der Waals surface area contributed by atoms with Gasteiger partial charge in [0.1, 0.15) is 0 Å². The summed E-state index contributed by atoms with van der Waals surface area (Å²) in [5, 5.41) is 9.11. The van der Waals surface area contributed by atoms with Crippen molar-refractivity contribution in [2.45, 2.75) is 24.9 Å². The Kier molecular flexibility index (Phi) is 5.28. The van der Waals surface area contributed by atoms with Crippen molar-refractivity contribution in [2.24, 2.45) is 7.05 Å². The van der Waals surface area contributed by atoms with Gasteiger partial charge >= 0.3 is 0 Å². The first-order valence-corrected chi connectivity index (χ1v) is 9.10. The summed E-state index contributed by atoms with van der Waals surface area (Å²) in [5.41, 5.74) is 2.87. The average molecular weight is 352 g/mol. The number of rotatable bonds is 6. The Morgan fingerprint density at radius 3 is 2.56 bits per heavy atom. The number of carbonyl (C=O) groups is 1. The van der Waals surface area contributed by atoms with Gasteiger partial charge in [0.25, 0.3) is 0 Å². The average Bonchev–Trinajstić information content (AvgIpc) is 3.01. The van der Waals surface area contributed by atoms with Gasteiger partial charge in [-0.3, -0.25) is 9.78 Å². The van der Waals surface area contributed by atoms with Crippen LogP contribution in [0.5, 0.6) is 0 Å². The molecule has 2 heterocycles. The Hall–Kier alpha value is -2.47. The van der Waals surface area contributed by atoms with Gasteiger partial charge in [-0.2, -0.15) is 0 Å². The van der Waals surface area contributed by atoms with Crippen LogP contribution < -0.4 is 0 Å². The molecule has 0 spiro atoms. The quantitative estimate of drug-likeness (QED) is 0.496. The lowest BCUT2D eigenvalue weighted by Gasteiger charge is -2.06. The molecule has 0 bridgehead atoms. The second-order valence-corrected chi connectivity index (χ2v) is 7.04. The molecular formula is C19H20N4OS. The minimum atomic E-state index is 0.0891. The maximum absolute atomic E-state index is 12.4. The molecule has 0 N–H and O–H groups in total. The Labute approximate surface area is 151 Å². The highest BCUT2D eigenvalue weighted by Crippen LogP contribution is 2.23. The van der Waals surface area contributed by atoms with Gasteiger partial charge in [0.05, 0.1) is 5.75 Å². The summed E-state index contributed by atoms with van der Waals surface area (Å²) in [4.78, 5) is 16.5. The van der Waals surface area contributed by atoms with Crippen molar-refractivity contribution < 1.29 is 4.79 Å². The largest absolute Gasteiger partial charge is 0.305 e. The molecule has 0 radical (unpaired) electrons. The standard InChI is InChI=1S/C19H20N4OS/c1-13(2)14-6-8-15(9-7-14)17(24)12-25-19-22-21-18(23(19)3)16-5-4-10-20-11-16/h4-11,13H,12H2,1-3H3. The molecule has 0 aliphatic heterocycles. The molecule has 5 nitrogen and oxygen atoms in total. The molecule has 0 saturated carbocycles. The Morgan fingerprint density at radius 2 is 1.92 bits per heavy atom. The number of aromatic nitrogens is 4. The van der Waals surface area contributed by atoms with Crippen molar-refractivity contribution in [3.63, 3.8) is 0 Å². The molecule has 0 fully saturated rings. The van der Waals surface area contributed by atoms with E-state index in [1.165, 1.54) is 17.3 Å². The van der Waals surface area contributed by atoms with E-state index in [1.54, 1.807) is 12.4 Å². The number of Topliss-reactive ketones (excluding diaryl/α,β-unsaturated/α-hetero) is 1. The van der Waals surface area contributed by atoms with Crippen LogP contribution in [-0.2, 0) is 7.05 Å². The normalized spacial score (nSPS) is 11.0. The third-order valence-corrected chi connectivity index (χ3v) is 5.01. The van der Waals surface area contributed by atoms with Crippen molar-refractivity contribution in [1.82, 2.24) is 19.7 Å². The van der Waals surface area contributed by atoms with Gasteiger partial charge in [0.15, 0.2) is 16.8 Å². The van der Waals surface area contributed by atoms with E-state index in [9.17, 15) is 4.79 Å². The number of carbonyl (C=O) groups excluding carboxylic acids is 1. The maximum Gasteiger partial charge on any atom is 0.191 e. The fourth-order valence-electron chi connectivity index (χ4n) is 2.45. The molecule has 0 aliphatic rings. The molecule has 0 saturated heterocycles. The molecule has 3 rings (SSSR count). The number of hydrogen-bond acceptors (Lipinski definition) is 5. The number of ketones is 1. The summed E-state index contributed by atoms with van der Waals surface area (Å²) in [6.45, 7) is 4.28. The molecule has 25 heavy (non-hydrogen) atoms. The van der Waals surface area contributed by atoms with Crippen LogP contribution in [0.4, 0.5) is 0 Å². The molecule has 2 aromatic heterocycles. The van der Waals surface area contributed by atoms with E-state index < -0.39 is 0 Å². The minimum absolute atomic E-state index is 0.0891. The monoisotopic (exact) mass is 352 g/mol. The van der Waals surface area contributed by atoms with E-state index in [1.807, 2.05) is 48.0 Å². The molecule has 128 valence electrons. The summed E-state index contributed by atoms with van der Waals surface area (Å²) in [6, 6.07) is 11.6.